The highest BCUT2D eigenvalue weighted by atomic mass is 16.5. The van der Waals surface area contributed by atoms with E-state index in [0.717, 1.165) is 31.7 Å². The van der Waals surface area contributed by atoms with E-state index < -0.39 is 0 Å². The highest BCUT2D eigenvalue weighted by Crippen LogP contribution is 2.28. The van der Waals surface area contributed by atoms with Crippen molar-refractivity contribution in [3.8, 4) is 5.75 Å². The first kappa shape index (κ1) is 17.6. The summed E-state index contributed by atoms with van der Waals surface area (Å²) in [4.78, 5) is 2.24. The minimum Gasteiger partial charge on any atom is -0.494 e. The number of fused-ring (bicyclic) bond motifs is 1. The second kappa shape index (κ2) is 8.21. The molecule has 3 heteroatoms. The average molecular weight is 336 g/mol. The second-order valence-electron chi connectivity index (χ2n) is 6.79. The Bertz CT molecular complexity index is 806. The summed E-state index contributed by atoms with van der Waals surface area (Å²) in [5.74, 6) is 0.960. The lowest BCUT2D eigenvalue weighted by Crippen LogP contribution is -2.13. The van der Waals surface area contributed by atoms with Gasteiger partial charge in [-0.05, 0) is 69.7 Å². The topological polar surface area (TPSA) is 17.4 Å². The number of ether oxygens (including phenoxy) is 1. The fourth-order valence-electron chi connectivity index (χ4n) is 3.30. The number of aryl methyl sites for hydroxylation is 1. The molecule has 0 radical (unpaired) electrons. The summed E-state index contributed by atoms with van der Waals surface area (Å²) in [6.07, 6.45) is 4.57. The van der Waals surface area contributed by atoms with Gasteiger partial charge in [-0.2, -0.15) is 0 Å². The molecular formula is C22H28N2O. The van der Waals surface area contributed by atoms with Crippen molar-refractivity contribution in [2.75, 3.05) is 27.2 Å². The van der Waals surface area contributed by atoms with Crippen molar-refractivity contribution in [3.63, 3.8) is 0 Å². The van der Waals surface area contributed by atoms with Crippen molar-refractivity contribution in [3.05, 3.63) is 65.9 Å². The summed E-state index contributed by atoms with van der Waals surface area (Å²) >= 11 is 0. The molecule has 0 bridgehead atoms. The lowest BCUT2D eigenvalue weighted by molar-refractivity contribution is 0.340. The van der Waals surface area contributed by atoms with E-state index in [1.165, 1.54) is 22.0 Å². The number of nitrogens with zero attached hydrogens (tertiary/aromatic N) is 2. The molecule has 0 N–H and O–H groups in total. The summed E-state index contributed by atoms with van der Waals surface area (Å²) in [7, 11) is 4.26. The van der Waals surface area contributed by atoms with E-state index in [2.05, 4.69) is 78.3 Å². The molecule has 25 heavy (non-hydrogen) atoms. The van der Waals surface area contributed by atoms with E-state index in [9.17, 15) is 0 Å². The quantitative estimate of drug-likeness (QED) is 0.599. The lowest BCUT2D eigenvalue weighted by Gasteiger charge is -2.08. The van der Waals surface area contributed by atoms with Crippen molar-refractivity contribution >= 4 is 10.9 Å². The van der Waals surface area contributed by atoms with E-state index in [1.807, 2.05) is 6.92 Å². The first-order valence-corrected chi connectivity index (χ1v) is 9.10. The van der Waals surface area contributed by atoms with E-state index >= 15 is 0 Å². The standard InChI is InChI=1S/C22H28N2O/c1-4-25-20-12-13-22-21(15-20)19(11-8-14-23(2)3)17-24(22)16-18-9-6-5-7-10-18/h5-7,9-10,12-13,15,17H,4,8,11,14,16H2,1-3H3. The summed E-state index contributed by atoms with van der Waals surface area (Å²) in [5.41, 5.74) is 4.02. The van der Waals surface area contributed by atoms with Gasteiger partial charge in [0.05, 0.1) is 6.61 Å². The largest absolute Gasteiger partial charge is 0.494 e. The minimum absolute atomic E-state index is 0.701. The minimum atomic E-state index is 0.701. The van der Waals surface area contributed by atoms with Crippen LogP contribution in [-0.2, 0) is 13.0 Å². The highest BCUT2D eigenvalue weighted by Gasteiger charge is 2.10. The molecule has 0 saturated carbocycles. The predicted octanol–water partition coefficient (Wildman–Crippen LogP) is 4.58. The molecule has 0 spiro atoms. The predicted molar refractivity (Wildman–Crippen MR) is 106 cm³/mol. The smallest absolute Gasteiger partial charge is 0.120 e. The molecule has 3 rings (SSSR count). The summed E-state index contributed by atoms with van der Waals surface area (Å²) in [6.45, 7) is 4.74. The summed E-state index contributed by atoms with van der Waals surface area (Å²) < 4.78 is 8.09. The molecule has 1 aromatic heterocycles. The molecule has 132 valence electrons. The van der Waals surface area contributed by atoms with Gasteiger partial charge in [0, 0.05) is 23.6 Å². The second-order valence-corrected chi connectivity index (χ2v) is 6.79. The maximum absolute atomic E-state index is 5.72. The van der Waals surface area contributed by atoms with E-state index in [0.29, 0.717) is 6.61 Å². The Hall–Kier alpha value is -2.26. The zero-order chi connectivity index (χ0) is 17.6. The van der Waals surface area contributed by atoms with Crippen LogP contribution in [0.5, 0.6) is 5.75 Å². The molecule has 0 saturated heterocycles. The zero-order valence-corrected chi connectivity index (χ0v) is 15.5. The molecule has 0 fully saturated rings. The van der Waals surface area contributed by atoms with Gasteiger partial charge < -0.3 is 14.2 Å². The van der Waals surface area contributed by atoms with E-state index in [-0.39, 0.29) is 0 Å². The number of rotatable bonds is 8. The van der Waals surface area contributed by atoms with Gasteiger partial charge in [-0.15, -0.1) is 0 Å². The SMILES string of the molecule is CCOc1ccc2c(c1)c(CCCN(C)C)cn2Cc1ccccc1. The van der Waals surface area contributed by atoms with Crippen LogP contribution in [0.25, 0.3) is 10.9 Å². The molecule has 0 aliphatic rings. The van der Waals surface area contributed by atoms with Crippen LogP contribution in [0, 0.1) is 0 Å². The molecule has 0 amide bonds. The van der Waals surface area contributed by atoms with Crippen LogP contribution < -0.4 is 4.74 Å². The van der Waals surface area contributed by atoms with Crippen molar-refractivity contribution in [2.45, 2.75) is 26.3 Å². The maximum atomic E-state index is 5.72. The normalized spacial score (nSPS) is 11.4. The van der Waals surface area contributed by atoms with Crippen LogP contribution in [0.15, 0.2) is 54.7 Å². The van der Waals surface area contributed by atoms with Gasteiger partial charge in [-0.25, -0.2) is 0 Å². The summed E-state index contributed by atoms with van der Waals surface area (Å²) in [5, 5.41) is 1.32. The lowest BCUT2D eigenvalue weighted by atomic mass is 10.1. The van der Waals surface area contributed by atoms with E-state index in [4.69, 9.17) is 4.74 Å². The first-order valence-electron chi connectivity index (χ1n) is 9.10. The van der Waals surface area contributed by atoms with Gasteiger partial charge in [0.1, 0.15) is 5.75 Å². The molecule has 0 unspecified atom stereocenters. The number of hydrogen-bond donors (Lipinski definition) is 0. The monoisotopic (exact) mass is 336 g/mol. The fraction of sp³-hybridized carbons (Fsp3) is 0.364. The Morgan fingerprint density at radius 2 is 1.84 bits per heavy atom. The van der Waals surface area contributed by atoms with Gasteiger partial charge in [0.25, 0.3) is 0 Å². The zero-order valence-electron chi connectivity index (χ0n) is 15.5. The Morgan fingerprint density at radius 3 is 2.56 bits per heavy atom. The van der Waals surface area contributed by atoms with Crippen LogP contribution >= 0.6 is 0 Å². The van der Waals surface area contributed by atoms with Crippen LogP contribution in [0.3, 0.4) is 0 Å². The van der Waals surface area contributed by atoms with Gasteiger partial charge in [0.2, 0.25) is 0 Å². The molecule has 2 aromatic carbocycles. The van der Waals surface area contributed by atoms with Gasteiger partial charge in [-0.1, -0.05) is 30.3 Å². The highest BCUT2D eigenvalue weighted by molar-refractivity contribution is 5.85. The third kappa shape index (κ3) is 4.43. The average Bonchev–Trinajstić information content (AvgIpc) is 2.93. The Labute approximate surface area is 150 Å². The number of benzene rings is 2. The molecule has 1 heterocycles. The van der Waals surface area contributed by atoms with E-state index in [1.54, 1.807) is 0 Å². The van der Waals surface area contributed by atoms with Gasteiger partial charge in [0.15, 0.2) is 0 Å². The van der Waals surface area contributed by atoms with Crippen molar-refractivity contribution < 1.29 is 4.74 Å². The Morgan fingerprint density at radius 1 is 1.04 bits per heavy atom. The van der Waals surface area contributed by atoms with Crippen LogP contribution in [0.4, 0.5) is 0 Å². The van der Waals surface area contributed by atoms with Crippen molar-refractivity contribution in [2.24, 2.45) is 0 Å². The van der Waals surface area contributed by atoms with Crippen molar-refractivity contribution in [1.29, 1.82) is 0 Å². The van der Waals surface area contributed by atoms with Crippen LogP contribution in [0.2, 0.25) is 0 Å². The molecule has 3 nitrogen and oxygen atoms in total. The molecule has 3 aromatic rings. The third-order valence-corrected chi connectivity index (χ3v) is 4.49. The van der Waals surface area contributed by atoms with Gasteiger partial charge in [-0.3, -0.25) is 0 Å². The molecule has 0 aliphatic heterocycles. The van der Waals surface area contributed by atoms with Crippen molar-refractivity contribution in [1.82, 2.24) is 9.47 Å². The molecule has 0 atom stereocenters. The molecular weight excluding hydrogens is 308 g/mol. The Kier molecular flexibility index (Phi) is 5.77. The maximum Gasteiger partial charge on any atom is 0.120 e. The molecule has 0 aliphatic carbocycles. The van der Waals surface area contributed by atoms with Crippen LogP contribution in [0.1, 0.15) is 24.5 Å². The van der Waals surface area contributed by atoms with Gasteiger partial charge >= 0.3 is 0 Å². The number of hydrogen-bond acceptors (Lipinski definition) is 2. The van der Waals surface area contributed by atoms with Crippen LogP contribution in [-0.4, -0.2) is 36.7 Å². The Balaban J connectivity index is 1.93. The third-order valence-electron chi connectivity index (χ3n) is 4.49. The first-order chi connectivity index (χ1) is 12.2. The fourth-order valence-corrected chi connectivity index (χ4v) is 3.30. The summed E-state index contributed by atoms with van der Waals surface area (Å²) in [6, 6.07) is 17.1. The number of aromatic nitrogens is 1.